The molecule has 0 radical (unpaired) electrons. The summed E-state index contributed by atoms with van der Waals surface area (Å²) in [5.41, 5.74) is 0.984. The van der Waals surface area contributed by atoms with Crippen molar-refractivity contribution in [1.82, 2.24) is 5.32 Å². The molecule has 0 unspecified atom stereocenters. The van der Waals surface area contributed by atoms with Gasteiger partial charge in [-0.15, -0.1) is 0 Å². The van der Waals surface area contributed by atoms with Crippen LogP contribution in [0, 0.1) is 0 Å². The molecule has 6 heteroatoms. The highest BCUT2D eigenvalue weighted by molar-refractivity contribution is 5.77. The van der Waals surface area contributed by atoms with Crippen LogP contribution in [-0.2, 0) is 16.0 Å². The van der Waals surface area contributed by atoms with Crippen molar-refractivity contribution in [2.75, 3.05) is 13.3 Å². The number of carboxylic acids is 1. The molecule has 0 fully saturated rings. The van der Waals surface area contributed by atoms with Crippen LogP contribution < -0.4 is 14.8 Å². The molecule has 1 aliphatic rings. The van der Waals surface area contributed by atoms with E-state index in [1.54, 1.807) is 0 Å². The lowest BCUT2D eigenvalue weighted by Gasteiger charge is -2.04. The summed E-state index contributed by atoms with van der Waals surface area (Å²) >= 11 is 0. The molecule has 0 saturated heterocycles. The van der Waals surface area contributed by atoms with Crippen LogP contribution in [0.25, 0.3) is 0 Å². The zero-order chi connectivity index (χ0) is 13.7. The summed E-state index contributed by atoms with van der Waals surface area (Å²) in [6.07, 6.45) is 0.838. The monoisotopic (exact) mass is 265 g/mol. The highest BCUT2D eigenvalue weighted by atomic mass is 16.7. The number of nitrogens with one attached hydrogen (secondary N) is 1. The van der Waals surface area contributed by atoms with Crippen LogP contribution in [0.15, 0.2) is 18.2 Å². The lowest BCUT2D eigenvalue weighted by Crippen LogP contribution is -2.26. The van der Waals surface area contributed by atoms with Gasteiger partial charge in [-0.1, -0.05) is 6.07 Å². The van der Waals surface area contributed by atoms with Crippen LogP contribution in [-0.4, -0.2) is 30.3 Å². The Morgan fingerprint density at radius 3 is 2.79 bits per heavy atom. The van der Waals surface area contributed by atoms with Gasteiger partial charge < -0.3 is 19.9 Å². The maximum Gasteiger partial charge on any atom is 0.305 e. The molecule has 1 aromatic carbocycles. The van der Waals surface area contributed by atoms with Crippen molar-refractivity contribution >= 4 is 11.9 Å². The van der Waals surface area contributed by atoms with Crippen LogP contribution in [0.1, 0.15) is 18.4 Å². The third-order valence-corrected chi connectivity index (χ3v) is 2.74. The zero-order valence-electron chi connectivity index (χ0n) is 10.3. The van der Waals surface area contributed by atoms with E-state index in [-0.39, 0.29) is 25.7 Å². The Morgan fingerprint density at radius 1 is 1.21 bits per heavy atom. The molecular formula is C13H15NO5. The Labute approximate surface area is 110 Å². The summed E-state index contributed by atoms with van der Waals surface area (Å²) in [5, 5.41) is 11.0. The third kappa shape index (κ3) is 3.87. The summed E-state index contributed by atoms with van der Waals surface area (Å²) in [4.78, 5) is 21.8. The Morgan fingerprint density at radius 2 is 2.00 bits per heavy atom. The van der Waals surface area contributed by atoms with Crippen LogP contribution >= 0.6 is 0 Å². The van der Waals surface area contributed by atoms with E-state index in [9.17, 15) is 9.59 Å². The Hall–Kier alpha value is -2.24. The molecule has 1 aliphatic heterocycles. The number of carbonyl (C=O) groups is 2. The fourth-order valence-corrected chi connectivity index (χ4v) is 1.75. The number of ether oxygens (including phenoxy) is 2. The summed E-state index contributed by atoms with van der Waals surface area (Å²) in [5.74, 6) is 0.341. The lowest BCUT2D eigenvalue weighted by atomic mass is 10.1. The maximum absolute atomic E-state index is 11.5. The largest absolute Gasteiger partial charge is 0.481 e. The first-order valence-electron chi connectivity index (χ1n) is 6.02. The van der Waals surface area contributed by atoms with Gasteiger partial charge in [-0.2, -0.15) is 0 Å². The van der Waals surface area contributed by atoms with Crippen molar-refractivity contribution in [3.05, 3.63) is 23.8 Å². The van der Waals surface area contributed by atoms with Crippen LogP contribution in [0.3, 0.4) is 0 Å². The Bertz CT molecular complexity index is 486. The van der Waals surface area contributed by atoms with Crippen molar-refractivity contribution in [2.24, 2.45) is 0 Å². The van der Waals surface area contributed by atoms with Crippen LogP contribution in [0.2, 0.25) is 0 Å². The molecular weight excluding hydrogens is 250 g/mol. The number of hydrogen-bond acceptors (Lipinski definition) is 4. The van der Waals surface area contributed by atoms with Gasteiger partial charge >= 0.3 is 5.97 Å². The number of carbonyl (C=O) groups excluding carboxylic acids is 1. The molecule has 19 heavy (non-hydrogen) atoms. The molecule has 102 valence electrons. The number of rotatable bonds is 6. The molecule has 0 bridgehead atoms. The molecule has 6 nitrogen and oxygen atoms in total. The smallest absolute Gasteiger partial charge is 0.305 e. The average molecular weight is 265 g/mol. The maximum atomic E-state index is 11.5. The standard InChI is InChI=1S/C13H15NO5/c15-12(14-6-5-13(16)17)4-2-9-1-3-10-11(7-9)19-8-18-10/h1,3,7H,2,4-6,8H2,(H,14,15)(H,16,17). The van der Waals surface area contributed by atoms with Gasteiger partial charge in [0.1, 0.15) is 0 Å². The van der Waals surface area contributed by atoms with E-state index in [1.807, 2.05) is 18.2 Å². The first-order chi connectivity index (χ1) is 9.15. The molecule has 0 aromatic heterocycles. The predicted molar refractivity (Wildman–Crippen MR) is 66.1 cm³/mol. The summed E-state index contributed by atoms with van der Waals surface area (Å²) < 4.78 is 10.4. The van der Waals surface area contributed by atoms with Gasteiger partial charge in [-0.25, -0.2) is 0 Å². The highest BCUT2D eigenvalue weighted by Crippen LogP contribution is 2.32. The van der Waals surface area contributed by atoms with E-state index >= 15 is 0 Å². The number of benzene rings is 1. The second-order valence-electron chi connectivity index (χ2n) is 4.18. The van der Waals surface area contributed by atoms with E-state index in [4.69, 9.17) is 14.6 Å². The van der Waals surface area contributed by atoms with Gasteiger partial charge in [0.05, 0.1) is 6.42 Å². The van der Waals surface area contributed by atoms with Crippen molar-refractivity contribution in [1.29, 1.82) is 0 Å². The van der Waals surface area contributed by atoms with Gasteiger partial charge in [-0.3, -0.25) is 9.59 Å². The summed E-state index contributed by atoms with van der Waals surface area (Å²) in [7, 11) is 0. The minimum Gasteiger partial charge on any atom is -0.481 e. The zero-order valence-corrected chi connectivity index (χ0v) is 10.3. The van der Waals surface area contributed by atoms with Crippen molar-refractivity contribution in [2.45, 2.75) is 19.3 Å². The van der Waals surface area contributed by atoms with Gasteiger partial charge in [0.2, 0.25) is 12.7 Å². The number of hydrogen-bond donors (Lipinski definition) is 2. The molecule has 1 heterocycles. The minimum atomic E-state index is -0.920. The quantitative estimate of drug-likeness (QED) is 0.799. The van der Waals surface area contributed by atoms with Crippen LogP contribution in [0.5, 0.6) is 11.5 Å². The van der Waals surface area contributed by atoms with Gasteiger partial charge in [-0.05, 0) is 24.1 Å². The molecule has 1 aromatic rings. The number of aliphatic carboxylic acids is 1. The second kappa shape index (κ2) is 6.08. The predicted octanol–water partition coefficient (Wildman–Crippen LogP) is 0.939. The topological polar surface area (TPSA) is 84.9 Å². The van der Waals surface area contributed by atoms with Crippen LogP contribution in [0.4, 0.5) is 0 Å². The molecule has 2 rings (SSSR count). The summed E-state index contributed by atoms with van der Waals surface area (Å²) in [6, 6.07) is 5.56. The number of carboxylic acid groups (broad SMARTS) is 1. The van der Waals surface area contributed by atoms with E-state index in [0.717, 1.165) is 11.3 Å². The molecule has 0 spiro atoms. The minimum absolute atomic E-state index is 0.0598. The highest BCUT2D eigenvalue weighted by Gasteiger charge is 2.13. The van der Waals surface area contributed by atoms with Crippen molar-refractivity contribution < 1.29 is 24.2 Å². The van der Waals surface area contributed by atoms with E-state index in [1.165, 1.54) is 0 Å². The molecule has 0 aliphatic carbocycles. The first-order valence-corrected chi connectivity index (χ1v) is 6.02. The van der Waals surface area contributed by atoms with Gasteiger partial charge in [0.15, 0.2) is 11.5 Å². The fourth-order valence-electron chi connectivity index (χ4n) is 1.75. The van der Waals surface area contributed by atoms with Gasteiger partial charge in [0.25, 0.3) is 0 Å². The van der Waals surface area contributed by atoms with Crippen molar-refractivity contribution in [3.8, 4) is 11.5 Å². The molecule has 0 saturated carbocycles. The number of aryl methyl sites for hydroxylation is 1. The Balaban J connectivity index is 1.76. The summed E-state index contributed by atoms with van der Waals surface area (Å²) in [6.45, 7) is 0.393. The molecule has 2 N–H and O–H groups in total. The molecule has 1 amide bonds. The van der Waals surface area contributed by atoms with E-state index in [0.29, 0.717) is 18.6 Å². The number of fused-ring (bicyclic) bond motifs is 1. The van der Waals surface area contributed by atoms with E-state index in [2.05, 4.69) is 5.32 Å². The number of amides is 1. The van der Waals surface area contributed by atoms with Crippen molar-refractivity contribution in [3.63, 3.8) is 0 Å². The van der Waals surface area contributed by atoms with Gasteiger partial charge in [0, 0.05) is 13.0 Å². The first kappa shape index (κ1) is 13.2. The lowest BCUT2D eigenvalue weighted by molar-refractivity contribution is -0.136. The van der Waals surface area contributed by atoms with E-state index < -0.39 is 5.97 Å². The Kier molecular flexibility index (Phi) is 4.22. The second-order valence-corrected chi connectivity index (χ2v) is 4.18. The normalized spacial score (nSPS) is 12.2. The fraction of sp³-hybridized carbons (Fsp3) is 0.385. The molecule has 0 atom stereocenters. The SMILES string of the molecule is O=C(O)CCNC(=O)CCc1ccc2c(c1)OCO2. The third-order valence-electron chi connectivity index (χ3n) is 2.74. The average Bonchev–Trinajstić information content (AvgIpc) is 2.83.